The predicted molar refractivity (Wildman–Crippen MR) is 52.9 cm³/mol. The number of aromatic amines is 1. The van der Waals surface area contributed by atoms with E-state index in [4.69, 9.17) is 5.73 Å². The normalized spacial score (nSPS) is 10.6. The number of thioether (sulfide) groups is 1. The van der Waals surface area contributed by atoms with Crippen LogP contribution in [0.15, 0.2) is 9.95 Å². The van der Waals surface area contributed by atoms with Gasteiger partial charge in [-0.05, 0) is 19.9 Å². The number of nitrogens with zero attached hydrogens (tertiary/aromatic N) is 2. The molecule has 5 nitrogen and oxygen atoms in total. The molecule has 74 valence electrons. The molecule has 0 fully saturated rings. The lowest BCUT2D eigenvalue weighted by molar-refractivity contribution is 0.660. The summed E-state index contributed by atoms with van der Waals surface area (Å²) in [5.41, 5.74) is 5.22. The minimum absolute atomic E-state index is 0.141. The fourth-order valence-electron chi connectivity index (χ4n) is 0.939. The molecule has 1 rings (SSSR count). The summed E-state index contributed by atoms with van der Waals surface area (Å²) in [5.74, 6) is 0.904. The van der Waals surface area contributed by atoms with E-state index < -0.39 is 0 Å². The fraction of sp³-hybridized carbons (Fsp3) is 0.714. The average Bonchev–Trinajstić information content (AvgIpc) is 2.47. The van der Waals surface area contributed by atoms with Crippen molar-refractivity contribution in [1.29, 1.82) is 0 Å². The van der Waals surface area contributed by atoms with Gasteiger partial charge in [-0.15, -0.1) is 5.10 Å². The molecule has 0 aliphatic carbocycles. The van der Waals surface area contributed by atoms with Crippen molar-refractivity contribution in [3.63, 3.8) is 0 Å². The highest BCUT2D eigenvalue weighted by Gasteiger charge is 2.05. The summed E-state index contributed by atoms with van der Waals surface area (Å²) in [6, 6.07) is 0. The van der Waals surface area contributed by atoms with Gasteiger partial charge in [-0.3, -0.25) is 4.57 Å². The minimum Gasteiger partial charge on any atom is -0.330 e. The van der Waals surface area contributed by atoms with E-state index in [1.807, 2.05) is 6.92 Å². The van der Waals surface area contributed by atoms with Gasteiger partial charge in [0.2, 0.25) is 0 Å². The van der Waals surface area contributed by atoms with Crippen molar-refractivity contribution in [1.82, 2.24) is 14.8 Å². The molecule has 0 unspecified atom stereocenters. The Morgan fingerprint density at radius 2 is 2.46 bits per heavy atom. The summed E-state index contributed by atoms with van der Waals surface area (Å²) in [6.07, 6.45) is 0.940. The Morgan fingerprint density at radius 1 is 1.69 bits per heavy atom. The number of H-pyrrole nitrogens is 1. The molecule has 0 atom stereocenters. The quantitative estimate of drug-likeness (QED) is 0.522. The van der Waals surface area contributed by atoms with Gasteiger partial charge in [-0.1, -0.05) is 11.8 Å². The van der Waals surface area contributed by atoms with Crippen LogP contribution in [0.2, 0.25) is 0 Å². The maximum absolute atomic E-state index is 11.1. The van der Waals surface area contributed by atoms with E-state index in [1.54, 1.807) is 16.3 Å². The number of nitrogens with two attached hydrogens (primary N) is 1. The molecule has 0 bridgehead atoms. The highest BCUT2D eigenvalue weighted by atomic mass is 32.2. The zero-order chi connectivity index (χ0) is 9.68. The van der Waals surface area contributed by atoms with Gasteiger partial charge >= 0.3 is 5.69 Å². The summed E-state index contributed by atoms with van der Waals surface area (Å²) < 4.78 is 1.61. The molecule has 6 heteroatoms. The second kappa shape index (κ2) is 5.08. The first-order chi connectivity index (χ1) is 6.29. The maximum Gasteiger partial charge on any atom is 0.343 e. The molecule has 0 saturated heterocycles. The standard InChI is InChI=1S/C7H14N4OS/c1-2-11-6(12)9-10-7(11)13-5-3-4-8/h2-5,8H2,1H3,(H,9,12). The van der Waals surface area contributed by atoms with Crippen LogP contribution < -0.4 is 11.4 Å². The summed E-state index contributed by atoms with van der Waals surface area (Å²) in [7, 11) is 0. The van der Waals surface area contributed by atoms with Crippen LogP contribution in [0.25, 0.3) is 0 Å². The first kappa shape index (κ1) is 10.3. The molecule has 0 aromatic carbocycles. The minimum atomic E-state index is -0.141. The molecule has 13 heavy (non-hydrogen) atoms. The van der Waals surface area contributed by atoms with E-state index in [1.165, 1.54) is 0 Å². The van der Waals surface area contributed by atoms with E-state index in [-0.39, 0.29) is 5.69 Å². The molecule has 0 saturated carbocycles. The van der Waals surface area contributed by atoms with Crippen LogP contribution >= 0.6 is 11.8 Å². The molecule has 1 heterocycles. The van der Waals surface area contributed by atoms with Crippen LogP contribution in [0.3, 0.4) is 0 Å². The molecule has 0 spiro atoms. The van der Waals surface area contributed by atoms with Gasteiger partial charge in [0.1, 0.15) is 0 Å². The van der Waals surface area contributed by atoms with Crippen molar-refractivity contribution >= 4 is 11.8 Å². The Balaban J connectivity index is 2.60. The van der Waals surface area contributed by atoms with Crippen LogP contribution in [0.4, 0.5) is 0 Å². The number of hydrogen-bond acceptors (Lipinski definition) is 4. The van der Waals surface area contributed by atoms with Gasteiger partial charge in [0.05, 0.1) is 0 Å². The van der Waals surface area contributed by atoms with Crippen molar-refractivity contribution in [3.05, 3.63) is 10.5 Å². The lowest BCUT2D eigenvalue weighted by Crippen LogP contribution is -2.16. The van der Waals surface area contributed by atoms with Crippen LogP contribution in [-0.4, -0.2) is 27.1 Å². The zero-order valence-corrected chi connectivity index (χ0v) is 8.43. The third kappa shape index (κ3) is 2.60. The van der Waals surface area contributed by atoms with E-state index >= 15 is 0 Å². The fourth-order valence-corrected chi connectivity index (χ4v) is 1.91. The molecule has 0 amide bonds. The maximum atomic E-state index is 11.1. The summed E-state index contributed by atoms with van der Waals surface area (Å²) in [6.45, 7) is 3.25. The summed E-state index contributed by atoms with van der Waals surface area (Å²) >= 11 is 1.56. The van der Waals surface area contributed by atoms with Crippen molar-refractivity contribution in [2.75, 3.05) is 12.3 Å². The smallest absolute Gasteiger partial charge is 0.330 e. The average molecular weight is 202 g/mol. The molecular weight excluding hydrogens is 188 g/mol. The molecule has 0 aliphatic heterocycles. The van der Waals surface area contributed by atoms with Crippen LogP contribution in [0.1, 0.15) is 13.3 Å². The first-order valence-corrected chi connectivity index (χ1v) is 5.26. The predicted octanol–water partition coefficient (Wildman–Crippen LogP) is 0.0322. The van der Waals surface area contributed by atoms with E-state index in [9.17, 15) is 4.79 Å². The van der Waals surface area contributed by atoms with Crippen molar-refractivity contribution < 1.29 is 0 Å². The third-order valence-electron chi connectivity index (χ3n) is 1.62. The number of hydrogen-bond donors (Lipinski definition) is 2. The Morgan fingerprint density at radius 3 is 3.08 bits per heavy atom. The number of rotatable bonds is 5. The van der Waals surface area contributed by atoms with Crippen molar-refractivity contribution in [2.45, 2.75) is 25.0 Å². The summed E-state index contributed by atoms with van der Waals surface area (Å²) in [5, 5.41) is 7.08. The summed E-state index contributed by atoms with van der Waals surface area (Å²) in [4.78, 5) is 11.1. The Kier molecular flexibility index (Phi) is 4.04. The lowest BCUT2D eigenvalue weighted by Gasteiger charge is -2.00. The van der Waals surface area contributed by atoms with E-state index in [0.717, 1.165) is 17.3 Å². The second-order valence-electron chi connectivity index (χ2n) is 2.55. The third-order valence-corrected chi connectivity index (χ3v) is 2.68. The Labute approximate surface area is 80.7 Å². The second-order valence-corrected chi connectivity index (χ2v) is 3.61. The topological polar surface area (TPSA) is 76.7 Å². The Hall–Kier alpha value is -0.750. The molecule has 3 N–H and O–H groups in total. The Bertz CT molecular complexity index is 306. The first-order valence-electron chi connectivity index (χ1n) is 4.27. The van der Waals surface area contributed by atoms with E-state index in [0.29, 0.717) is 13.1 Å². The molecular formula is C7H14N4OS. The van der Waals surface area contributed by atoms with Crippen molar-refractivity contribution in [3.8, 4) is 0 Å². The van der Waals surface area contributed by atoms with Crippen molar-refractivity contribution in [2.24, 2.45) is 5.73 Å². The van der Waals surface area contributed by atoms with Gasteiger partial charge in [0, 0.05) is 12.3 Å². The largest absolute Gasteiger partial charge is 0.343 e. The van der Waals surface area contributed by atoms with Crippen LogP contribution in [-0.2, 0) is 6.54 Å². The lowest BCUT2D eigenvalue weighted by atomic mass is 10.5. The van der Waals surface area contributed by atoms with Gasteiger partial charge in [0.15, 0.2) is 5.16 Å². The van der Waals surface area contributed by atoms with Gasteiger partial charge in [-0.2, -0.15) is 0 Å². The zero-order valence-electron chi connectivity index (χ0n) is 7.62. The number of nitrogens with one attached hydrogen (secondary N) is 1. The highest BCUT2D eigenvalue weighted by Crippen LogP contribution is 2.13. The van der Waals surface area contributed by atoms with Gasteiger partial charge in [-0.25, -0.2) is 9.89 Å². The molecule has 0 radical (unpaired) electrons. The monoisotopic (exact) mass is 202 g/mol. The molecule has 1 aromatic heterocycles. The van der Waals surface area contributed by atoms with Crippen LogP contribution in [0.5, 0.6) is 0 Å². The highest BCUT2D eigenvalue weighted by molar-refractivity contribution is 7.99. The molecule has 0 aliphatic rings. The molecule has 1 aromatic rings. The number of aromatic nitrogens is 3. The van der Waals surface area contributed by atoms with E-state index in [2.05, 4.69) is 10.2 Å². The SMILES string of the molecule is CCn1c(SCCCN)n[nH]c1=O. The van der Waals surface area contributed by atoms with Gasteiger partial charge < -0.3 is 5.73 Å². The van der Waals surface area contributed by atoms with Crippen LogP contribution in [0, 0.1) is 0 Å². The van der Waals surface area contributed by atoms with Gasteiger partial charge in [0.25, 0.3) is 0 Å².